The second-order valence-electron chi connectivity index (χ2n) is 5.70. The zero-order valence-corrected chi connectivity index (χ0v) is 15.8. The highest BCUT2D eigenvalue weighted by Gasteiger charge is 2.14. The molecule has 7 heteroatoms. The van der Waals surface area contributed by atoms with Crippen molar-refractivity contribution in [2.45, 2.75) is 19.8 Å². The number of nitrogens with one attached hydrogen (secondary N) is 1. The van der Waals surface area contributed by atoms with Crippen LogP contribution in [0.3, 0.4) is 0 Å². The number of esters is 1. The number of carbonyl (C=O) groups is 3. The van der Waals surface area contributed by atoms with E-state index in [0.717, 1.165) is 0 Å². The largest absolute Gasteiger partial charge is 0.496 e. The molecule has 0 spiro atoms. The molecule has 0 bridgehead atoms. The fraction of sp³-hybridized carbons (Fsp3) is 0.250. The number of Topliss-reactive ketones (excluding diaryl/α,β-unsaturated/α-hetero) is 1. The summed E-state index contributed by atoms with van der Waals surface area (Å²) in [5.41, 5.74) is 1.57. The fourth-order valence-electron chi connectivity index (χ4n) is 2.31. The lowest BCUT2D eigenvalue weighted by Gasteiger charge is -2.09. The zero-order valence-electron chi connectivity index (χ0n) is 15.1. The first-order valence-electron chi connectivity index (χ1n) is 8.34. The summed E-state index contributed by atoms with van der Waals surface area (Å²) in [4.78, 5) is 35.5. The summed E-state index contributed by atoms with van der Waals surface area (Å²) in [5.74, 6) is -0.489. The molecule has 0 atom stereocenters. The molecule has 1 amide bonds. The van der Waals surface area contributed by atoms with Crippen LogP contribution >= 0.6 is 11.6 Å². The van der Waals surface area contributed by atoms with Crippen LogP contribution < -0.4 is 10.1 Å². The Morgan fingerprint density at radius 3 is 2.41 bits per heavy atom. The Morgan fingerprint density at radius 1 is 1.07 bits per heavy atom. The Labute approximate surface area is 162 Å². The number of methoxy groups -OCH3 is 1. The third-order valence-corrected chi connectivity index (χ3v) is 3.99. The summed E-state index contributed by atoms with van der Waals surface area (Å²) >= 11 is 5.93. The third kappa shape index (κ3) is 6.11. The number of ether oxygens (including phenoxy) is 2. The van der Waals surface area contributed by atoms with Gasteiger partial charge in [0.25, 0.3) is 0 Å². The number of ketones is 1. The molecule has 0 saturated carbocycles. The Kier molecular flexibility index (Phi) is 7.37. The third-order valence-electron chi connectivity index (χ3n) is 3.75. The van der Waals surface area contributed by atoms with E-state index in [9.17, 15) is 14.4 Å². The molecular formula is C20H20ClNO5. The first-order valence-corrected chi connectivity index (χ1v) is 8.72. The maximum absolute atomic E-state index is 12.2. The molecule has 6 nitrogen and oxygen atoms in total. The second-order valence-corrected chi connectivity index (χ2v) is 6.13. The second kappa shape index (κ2) is 9.73. The van der Waals surface area contributed by atoms with Gasteiger partial charge in [0.15, 0.2) is 12.4 Å². The lowest BCUT2D eigenvalue weighted by molar-refractivity contribution is -0.141. The van der Waals surface area contributed by atoms with Gasteiger partial charge in [0.2, 0.25) is 5.91 Å². The van der Waals surface area contributed by atoms with Crippen molar-refractivity contribution < 1.29 is 23.9 Å². The standard InChI is InChI=1S/C20H20ClNO5/c1-3-19(24)22-16-7-4-13(5-8-16)17(23)12-27-20(25)11-14-10-15(21)6-9-18(14)26-2/h4-10H,3,11-12H2,1-2H3,(H,22,24). The van der Waals surface area contributed by atoms with Gasteiger partial charge in [-0.25, -0.2) is 0 Å². The van der Waals surface area contributed by atoms with Gasteiger partial charge >= 0.3 is 5.97 Å². The van der Waals surface area contributed by atoms with Crippen molar-refractivity contribution in [2.24, 2.45) is 0 Å². The number of carbonyl (C=O) groups excluding carboxylic acids is 3. The summed E-state index contributed by atoms with van der Waals surface area (Å²) in [5, 5.41) is 3.17. The van der Waals surface area contributed by atoms with Crippen molar-refractivity contribution in [1.82, 2.24) is 0 Å². The van der Waals surface area contributed by atoms with E-state index in [1.54, 1.807) is 49.4 Å². The number of amides is 1. The van der Waals surface area contributed by atoms with Crippen LogP contribution in [0.15, 0.2) is 42.5 Å². The van der Waals surface area contributed by atoms with E-state index in [4.69, 9.17) is 21.1 Å². The number of anilines is 1. The molecule has 2 aromatic carbocycles. The van der Waals surface area contributed by atoms with Crippen molar-refractivity contribution in [2.75, 3.05) is 19.0 Å². The molecule has 0 aromatic heterocycles. The number of rotatable bonds is 8. The van der Waals surface area contributed by atoms with E-state index >= 15 is 0 Å². The highest BCUT2D eigenvalue weighted by atomic mass is 35.5. The Bertz CT molecular complexity index is 833. The molecule has 0 fully saturated rings. The predicted octanol–water partition coefficient (Wildman–Crippen LogP) is 3.67. The molecule has 0 unspecified atom stereocenters. The van der Waals surface area contributed by atoms with Crippen molar-refractivity contribution in [3.05, 3.63) is 58.6 Å². The molecule has 142 valence electrons. The van der Waals surface area contributed by atoms with Gasteiger partial charge in [-0.05, 0) is 42.5 Å². The van der Waals surface area contributed by atoms with Crippen LogP contribution in [0.5, 0.6) is 5.75 Å². The molecule has 2 aromatic rings. The minimum Gasteiger partial charge on any atom is -0.496 e. The van der Waals surface area contributed by atoms with Crippen molar-refractivity contribution in [3.8, 4) is 5.75 Å². The van der Waals surface area contributed by atoms with Crippen LogP contribution in [-0.4, -0.2) is 31.4 Å². The monoisotopic (exact) mass is 389 g/mol. The maximum atomic E-state index is 12.2. The molecule has 0 aliphatic heterocycles. The number of halogens is 1. The van der Waals surface area contributed by atoms with Crippen molar-refractivity contribution in [3.63, 3.8) is 0 Å². The predicted molar refractivity (Wildman–Crippen MR) is 102 cm³/mol. The normalized spacial score (nSPS) is 10.2. The van der Waals surface area contributed by atoms with Crippen LogP contribution in [0.2, 0.25) is 5.02 Å². The van der Waals surface area contributed by atoms with Gasteiger partial charge < -0.3 is 14.8 Å². The summed E-state index contributed by atoms with van der Waals surface area (Å²) < 4.78 is 10.2. The van der Waals surface area contributed by atoms with Gasteiger partial charge in [0, 0.05) is 28.3 Å². The van der Waals surface area contributed by atoms with Crippen molar-refractivity contribution in [1.29, 1.82) is 0 Å². The summed E-state index contributed by atoms with van der Waals surface area (Å²) in [7, 11) is 1.49. The highest BCUT2D eigenvalue weighted by molar-refractivity contribution is 6.30. The Balaban J connectivity index is 1.90. The molecule has 0 saturated heterocycles. The summed E-state index contributed by atoms with van der Waals surface area (Å²) in [6.07, 6.45) is 0.313. The van der Waals surface area contributed by atoms with E-state index < -0.39 is 5.97 Å². The molecule has 0 radical (unpaired) electrons. The lowest BCUT2D eigenvalue weighted by atomic mass is 10.1. The average molecular weight is 390 g/mol. The van der Waals surface area contributed by atoms with E-state index in [1.807, 2.05) is 0 Å². The number of hydrogen-bond acceptors (Lipinski definition) is 5. The quantitative estimate of drug-likeness (QED) is 0.550. The Morgan fingerprint density at radius 2 is 1.78 bits per heavy atom. The van der Waals surface area contributed by atoms with Gasteiger partial charge in [0.05, 0.1) is 13.5 Å². The van der Waals surface area contributed by atoms with Crippen LogP contribution in [0, 0.1) is 0 Å². The summed E-state index contributed by atoms with van der Waals surface area (Å²) in [6, 6.07) is 11.3. The first-order chi connectivity index (χ1) is 12.9. The summed E-state index contributed by atoms with van der Waals surface area (Å²) in [6.45, 7) is 1.38. The molecule has 0 aliphatic carbocycles. The van der Waals surface area contributed by atoms with E-state index in [1.165, 1.54) is 7.11 Å². The van der Waals surface area contributed by atoms with Gasteiger partial charge in [-0.3, -0.25) is 14.4 Å². The highest BCUT2D eigenvalue weighted by Crippen LogP contribution is 2.23. The molecule has 1 N–H and O–H groups in total. The smallest absolute Gasteiger partial charge is 0.310 e. The zero-order chi connectivity index (χ0) is 19.8. The first kappa shape index (κ1) is 20.5. The molecular weight excluding hydrogens is 370 g/mol. The van der Waals surface area contributed by atoms with Gasteiger partial charge in [-0.2, -0.15) is 0 Å². The Hall–Kier alpha value is -2.86. The van der Waals surface area contributed by atoms with Gasteiger partial charge in [0.1, 0.15) is 5.75 Å². The van der Waals surface area contributed by atoms with Gasteiger partial charge in [-0.1, -0.05) is 18.5 Å². The van der Waals surface area contributed by atoms with E-state index in [-0.39, 0.29) is 24.7 Å². The average Bonchev–Trinajstić information content (AvgIpc) is 2.66. The van der Waals surface area contributed by atoms with Gasteiger partial charge in [-0.15, -0.1) is 0 Å². The van der Waals surface area contributed by atoms with E-state index in [2.05, 4.69) is 5.32 Å². The minimum atomic E-state index is -0.559. The SMILES string of the molecule is CCC(=O)Nc1ccc(C(=O)COC(=O)Cc2cc(Cl)ccc2OC)cc1. The van der Waals surface area contributed by atoms with Crippen LogP contribution in [0.1, 0.15) is 29.3 Å². The molecule has 2 rings (SSSR count). The molecule has 0 heterocycles. The topological polar surface area (TPSA) is 81.7 Å². The maximum Gasteiger partial charge on any atom is 0.310 e. The lowest BCUT2D eigenvalue weighted by Crippen LogP contribution is -2.16. The molecule has 0 aliphatic rings. The fourth-order valence-corrected chi connectivity index (χ4v) is 2.50. The number of benzene rings is 2. The van der Waals surface area contributed by atoms with E-state index in [0.29, 0.717) is 34.0 Å². The minimum absolute atomic E-state index is 0.0565. The van der Waals surface area contributed by atoms with Crippen LogP contribution in [-0.2, 0) is 20.7 Å². The number of hydrogen-bond donors (Lipinski definition) is 1. The van der Waals surface area contributed by atoms with Crippen molar-refractivity contribution >= 4 is 34.9 Å². The van der Waals surface area contributed by atoms with Crippen LogP contribution in [0.25, 0.3) is 0 Å². The molecule has 27 heavy (non-hydrogen) atoms. The van der Waals surface area contributed by atoms with Crippen LogP contribution in [0.4, 0.5) is 5.69 Å².